The van der Waals surface area contributed by atoms with E-state index in [1.807, 2.05) is 11.8 Å². The number of amides is 1. The largest absolute Gasteiger partial charge is 0.481 e. The molecule has 1 amide bonds. The molecule has 0 atom stereocenters. The lowest BCUT2D eigenvalue weighted by atomic mass is 10.2. The second-order valence-electron chi connectivity index (χ2n) is 4.40. The maximum atomic E-state index is 11.4. The molecule has 0 aromatic heterocycles. The number of rotatable bonds is 8. The molecule has 0 aliphatic carbocycles. The number of thioether (sulfide) groups is 1. The fraction of sp³-hybridized carbons (Fsp3) is 0.833. The van der Waals surface area contributed by atoms with Crippen molar-refractivity contribution >= 4 is 23.6 Å². The van der Waals surface area contributed by atoms with Crippen LogP contribution in [0.25, 0.3) is 0 Å². The maximum Gasteiger partial charge on any atom is 0.303 e. The Hall–Kier alpha value is -0.750. The molecule has 0 unspecified atom stereocenters. The Balaban J connectivity index is 1.94. The van der Waals surface area contributed by atoms with Gasteiger partial charge in [-0.05, 0) is 12.8 Å². The van der Waals surface area contributed by atoms with Crippen molar-refractivity contribution in [3.63, 3.8) is 0 Å². The smallest absolute Gasteiger partial charge is 0.303 e. The number of carboxylic acid groups (broad SMARTS) is 1. The minimum absolute atomic E-state index is 0.0340. The summed E-state index contributed by atoms with van der Waals surface area (Å²) in [7, 11) is 0. The fourth-order valence-corrected chi connectivity index (χ4v) is 2.81. The molecule has 5 nitrogen and oxygen atoms in total. The molecule has 0 aromatic carbocycles. The summed E-state index contributed by atoms with van der Waals surface area (Å²) < 4.78 is 0. The summed E-state index contributed by atoms with van der Waals surface area (Å²) in [6.45, 7) is 3.84. The average Bonchev–Trinajstić information content (AvgIpc) is 2.36. The molecule has 2 N–H and O–H groups in total. The van der Waals surface area contributed by atoms with E-state index >= 15 is 0 Å². The van der Waals surface area contributed by atoms with E-state index in [0.717, 1.165) is 19.6 Å². The van der Waals surface area contributed by atoms with Gasteiger partial charge < -0.3 is 10.4 Å². The van der Waals surface area contributed by atoms with Crippen LogP contribution in [0.1, 0.15) is 25.7 Å². The molecule has 18 heavy (non-hydrogen) atoms. The molecule has 1 aliphatic heterocycles. The number of aliphatic carboxylic acids is 1. The van der Waals surface area contributed by atoms with Crippen molar-refractivity contribution in [2.75, 3.05) is 37.7 Å². The Morgan fingerprint density at radius 1 is 1.17 bits per heavy atom. The highest BCUT2D eigenvalue weighted by Gasteiger charge is 2.10. The van der Waals surface area contributed by atoms with Gasteiger partial charge in [0.25, 0.3) is 0 Å². The zero-order chi connectivity index (χ0) is 13.2. The first kappa shape index (κ1) is 15.3. The van der Waals surface area contributed by atoms with Gasteiger partial charge in [0.2, 0.25) is 5.91 Å². The number of nitrogens with zero attached hydrogens (tertiary/aromatic N) is 1. The fourth-order valence-electron chi connectivity index (χ4n) is 1.83. The summed E-state index contributed by atoms with van der Waals surface area (Å²) in [5, 5.41) is 11.3. The van der Waals surface area contributed by atoms with Crippen LogP contribution < -0.4 is 5.32 Å². The highest BCUT2D eigenvalue weighted by atomic mass is 32.2. The van der Waals surface area contributed by atoms with Gasteiger partial charge >= 0.3 is 5.97 Å². The number of hydrogen-bond donors (Lipinski definition) is 2. The van der Waals surface area contributed by atoms with Gasteiger partial charge in [-0.25, -0.2) is 0 Å². The van der Waals surface area contributed by atoms with Gasteiger partial charge in [0.05, 0.1) is 0 Å². The second-order valence-corrected chi connectivity index (χ2v) is 5.63. The van der Waals surface area contributed by atoms with E-state index in [1.165, 1.54) is 11.5 Å². The monoisotopic (exact) mass is 274 g/mol. The van der Waals surface area contributed by atoms with Crippen molar-refractivity contribution in [2.45, 2.75) is 25.7 Å². The lowest BCUT2D eigenvalue weighted by Crippen LogP contribution is -2.39. The summed E-state index contributed by atoms with van der Waals surface area (Å²) in [6, 6.07) is 0. The van der Waals surface area contributed by atoms with Crippen molar-refractivity contribution in [3.8, 4) is 0 Å². The Bertz CT molecular complexity index is 268. The van der Waals surface area contributed by atoms with Gasteiger partial charge in [-0.15, -0.1) is 0 Å². The predicted molar refractivity (Wildman–Crippen MR) is 72.9 cm³/mol. The lowest BCUT2D eigenvalue weighted by Gasteiger charge is -2.25. The molecule has 0 saturated carbocycles. The van der Waals surface area contributed by atoms with Crippen LogP contribution in [-0.2, 0) is 9.59 Å². The quantitative estimate of drug-likeness (QED) is 0.641. The second kappa shape index (κ2) is 9.22. The molecule has 0 radical (unpaired) electrons. The Morgan fingerprint density at radius 3 is 2.50 bits per heavy atom. The molecule has 1 heterocycles. The van der Waals surface area contributed by atoms with E-state index in [1.54, 1.807) is 0 Å². The van der Waals surface area contributed by atoms with Crippen molar-refractivity contribution in [2.24, 2.45) is 0 Å². The third kappa shape index (κ3) is 7.55. The molecule has 104 valence electrons. The van der Waals surface area contributed by atoms with Gasteiger partial charge in [0, 0.05) is 50.5 Å². The number of carbonyl (C=O) groups excluding carboxylic acids is 1. The summed E-state index contributed by atoms with van der Waals surface area (Å²) in [5.74, 6) is 1.61. The number of carboxylic acids is 1. The predicted octanol–water partition coefficient (Wildman–Crippen LogP) is 0.796. The number of unbranched alkanes of at least 4 members (excludes halogenated alkanes) is 1. The summed E-state index contributed by atoms with van der Waals surface area (Å²) in [5.41, 5.74) is 0. The first-order valence-electron chi connectivity index (χ1n) is 6.47. The first-order valence-corrected chi connectivity index (χ1v) is 7.62. The minimum Gasteiger partial charge on any atom is -0.481 e. The lowest BCUT2D eigenvalue weighted by molar-refractivity contribution is -0.137. The van der Waals surface area contributed by atoms with E-state index in [0.29, 0.717) is 25.8 Å². The maximum absolute atomic E-state index is 11.4. The standard InChI is InChI=1S/C12H22N2O3S/c15-11(3-1-2-4-12(16)17)13-5-6-14-7-9-18-10-8-14/h1-10H2,(H,13,15)(H,16,17). The third-order valence-corrected chi connectivity index (χ3v) is 3.84. The summed E-state index contributed by atoms with van der Waals surface area (Å²) >= 11 is 1.98. The van der Waals surface area contributed by atoms with E-state index in [4.69, 9.17) is 5.11 Å². The van der Waals surface area contributed by atoms with Crippen molar-refractivity contribution in [1.82, 2.24) is 10.2 Å². The van der Waals surface area contributed by atoms with E-state index < -0.39 is 5.97 Å². The summed E-state index contributed by atoms with van der Waals surface area (Å²) in [4.78, 5) is 24.1. The summed E-state index contributed by atoms with van der Waals surface area (Å²) in [6.07, 6.45) is 1.81. The van der Waals surface area contributed by atoms with Gasteiger partial charge in [-0.2, -0.15) is 11.8 Å². The van der Waals surface area contributed by atoms with Gasteiger partial charge in [-0.3, -0.25) is 14.5 Å². The molecular formula is C12H22N2O3S. The van der Waals surface area contributed by atoms with E-state index in [2.05, 4.69) is 10.2 Å². The highest BCUT2D eigenvalue weighted by Crippen LogP contribution is 2.07. The van der Waals surface area contributed by atoms with E-state index in [-0.39, 0.29) is 12.3 Å². The van der Waals surface area contributed by atoms with Crippen LogP contribution >= 0.6 is 11.8 Å². The molecule has 0 aromatic rings. The minimum atomic E-state index is -0.793. The van der Waals surface area contributed by atoms with Crippen LogP contribution in [0.5, 0.6) is 0 Å². The molecule has 0 bridgehead atoms. The van der Waals surface area contributed by atoms with Gasteiger partial charge in [0.15, 0.2) is 0 Å². The first-order chi connectivity index (χ1) is 8.68. The molecule has 1 saturated heterocycles. The van der Waals surface area contributed by atoms with Crippen LogP contribution in [0, 0.1) is 0 Å². The average molecular weight is 274 g/mol. The molecule has 0 spiro atoms. The van der Waals surface area contributed by atoms with Crippen molar-refractivity contribution in [1.29, 1.82) is 0 Å². The number of hydrogen-bond acceptors (Lipinski definition) is 4. The van der Waals surface area contributed by atoms with Crippen LogP contribution in [0.2, 0.25) is 0 Å². The van der Waals surface area contributed by atoms with Crippen molar-refractivity contribution < 1.29 is 14.7 Å². The molecule has 1 fully saturated rings. The SMILES string of the molecule is O=C(O)CCCCC(=O)NCCN1CCSCC1. The van der Waals surface area contributed by atoms with Crippen LogP contribution in [-0.4, -0.2) is 59.6 Å². The number of carbonyl (C=O) groups is 2. The Kier molecular flexibility index (Phi) is 7.84. The Labute approximate surface area is 112 Å². The molecular weight excluding hydrogens is 252 g/mol. The Morgan fingerprint density at radius 2 is 1.83 bits per heavy atom. The van der Waals surface area contributed by atoms with Crippen LogP contribution in [0.15, 0.2) is 0 Å². The van der Waals surface area contributed by atoms with Gasteiger partial charge in [0.1, 0.15) is 0 Å². The van der Waals surface area contributed by atoms with E-state index in [9.17, 15) is 9.59 Å². The zero-order valence-electron chi connectivity index (χ0n) is 10.7. The molecule has 1 rings (SSSR count). The number of nitrogens with one attached hydrogen (secondary N) is 1. The van der Waals surface area contributed by atoms with Crippen molar-refractivity contribution in [3.05, 3.63) is 0 Å². The van der Waals surface area contributed by atoms with Gasteiger partial charge in [-0.1, -0.05) is 0 Å². The highest BCUT2D eigenvalue weighted by molar-refractivity contribution is 7.99. The topological polar surface area (TPSA) is 69.6 Å². The normalized spacial score (nSPS) is 16.4. The zero-order valence-corrected chi connectivity index (χ0v) is 11.5. The van der Waals surface area contributed by atoms with Crippen LogP contribution in [0.4, 0.5) is 0 Å². The third-order valence-electron chi connectivity index (χ3n) is 2.90. The molecule has 6 heteroatoms. The van der Waals surface area contributed by atoms with Crippen LogP contribution in [0.3, 0.4) is 0 Å². The molecule has 1 aliphatic rings.